The molecule has 0 aliphatic carbocycles. The van der Waals surface area contributed by atoms with Gasteiger partial charge in [0.15, 0.2) is 5.82 Å². The van der Waals surface area contributed by atoms with Crippen LogP contribution in [0.1, 0.15) is 17.5 Å². The molecule has 0 saturated heterocycles. The minimum absolute atomic E-state index is 0.0506. The van der Waals surface area contributed by atoms with Crippen molar-refractivity contribution >= 4 is 23.4 Å². The van der Waals surface area contributed by atoms with E-state index in [0.29, 0.717) is 0 Å². The van der Waals surface area contributed by atoms with Gasteiger partial charge in [-0.1, -0.05) is 11.6 Å². The van der Waals surface area contributed by atoms with Crippen LogP contribution in [0.2, 0.25) is 5.02 Å². The summed E-state index contributed by atoms with van der Waals surface area (Å²) in [5.41, 5.74) is 0.949. The number of fused-ring (bicyclic) bond motifs is 1. The van der Waals surface area contributed by atoms with Gasteiger partial charge >= 0.3 is 0 Å². The van der Waals surface area contributed by atoms with E-state index >= 15 is 0 Å². The lowest BCUT2D eigenvalue weighted by Gasteiger charge is -2.17. The number of nitriles is 1. The van der Waals surface area contributed by atoms with Crippen LogP contribution in [-0.4, -0.2) is 5.75 Å². The van der Waals surface area contributed by atoms with E-state index in [4.69, 9.17) is 16.9 Å². The fourth-order valence-corrected chi connectivity index (χ4v) is 2.92. The molecule has 1 aliphatic rings. The van der Waals surface area contributed by atoms with Crippen molar-refractivity contribution in [3.05, 3.63) is 28.0 Å². The first-order valence-corrected chi connectivity index (χ1v) is 5.64. The lowest BCUT2D eigenvalue weighted by atomic mass is 10.0. The van der Waals surface area contributed by atoms with Gasteiger partial charge in [0.05, 0.1) is 10.6 Å². The Morgan fingerprint density at radius 3 is 3.07 bits per heavy atom. The molecule has 0 unspecified atom stereocenters. The fraction of sp³-hybridized carbons (Fsp3) is 0.300. The molecule has 0 aromatic heterocycles. The maximum Gasteiger partial charge on any atom is 0.159 e. The van der Waals surface area contributed by atoms with Gasteiger partial charge in [-0.15, -0.1) is 11.8 Å². The zero-order chi connectivity index (χ0) is 10.1. The Morgan fingerprint density at radius 2 is 2.36 bits per heavy atom. The van der Waals surface area contributed by atoms with E-state index in [1.807, 2.05) is 6.07 Å². The Kier molecular flexibility index (Phi) is 2.66. The second-order valence-electron chi connectivity index (χ2n) is 3.09. The van der Waals surface area contributed by atoms with Crippen molar-refractivity contribution in [2.24, 2.45) is 0 Å². The van der Waals surface area contributed by atoms with Crippen LogP contribution in [0.25, 0.3) is 0 Å². The second kappa shape index (κ2) is 3.80. The summed E-state index contributed by atoms with van der Waals surface area (Å²) < 4.78 is 13.4. The number of nitrogens with zero attached hydrogens (tertiary/aromatic N) is 1. The third-order valence-corrected chi connectivity index (χ3v) is 3.67. The van der Waals surface area contributed by atoms with E-state index in [-0.39, 0.29) is 10.6 Å². The fourth-order valence-electron chi connectivity index (χ4n) is 1.57. The largest absolute Gasteiger partial charge is 0.204 e. The van der Waals surface area contributed by atoms with E-state index in [1.165, 1.54) is 0 Å². The predicted octanol–water partition coefficient (Wildman–Crippen LogP) is 3.39. The summed E-state index contributed by atoms with van der Waals surface area (Å²) >= 11 is 7.33. The SMILES string of the molecule is N#Cc1c(F)c(Cl)cc2c1CCCS2. The van der Waals surface area contributed by atoms with Gasteiger partial charge in [0.2, 0.25) is 0 Å². The van der Waals surface area contributed by atoms with Gasteiger partial charge in [0.25, 0.3) is 0 Å². The number of rotatable bonds is 0. The lowest BCUT2D eigenvalue weighted by Crippen LogP contribution is -2.04. The average molecular weight is 228 g/mol. The highest BCUT2D eigenvalue weighted by Crippen LogP contribution is 2.36. The molecule has 1 aromatic rings. The summed E-state index contributed by atoms with van der Waals surface area (Å²) in [5.74, 6) is 0.440. The highest BCUT2D eigenvalue weighted by Gasteiger charge is 2.19. The monoisotopic (exact) mass is 227 g/mol. The molecule has 4 heteroatoms. The van der Waals surface area contributed by atoms with Gasteiger partial charge in [0, 0.05) is 4.90 Å². The van der Waals surface area contributed by atoms with Crippen molar-refractivity contribution in [1.29, 1.82) is 5.26 Å². The number of thioether (sulfide) groups is 1. The van der Waals surface area contributed by atoms with Gasteiger partial charge in [-0.2, -0.15) is 5.26 Å². The van der Waals surface area contributed by atoms with Crippen molar-refractivity contribution in [1.82, 2.24) is 0 Å². The van der Waals surface area contributed by atoms with Gasteiger partial charge < -0.3 is 0 Å². The van der Waals surface area contributed by atoms with E-state index in [0.717, 1.165) is 29.1 Å². The van der Waals surface area contributed by atoms with Crippen LogP contribution >= 0.6 is 23.4 Å². The Labute approximate surface area is 90.9 Å². The van der Waals surface area contributed by atoms with Crippen LogP contribution in [-0.2, 0) is 6.42 Å². The molecule has 1 aromatic carbocycles. The Balaban J connectivity index is 2.67. The normalized spacial score (nSPS) is 14.6. The molecule has 1 nitrogen and oxygen atoms in total. The van der Waals surface area contributed by atoms with Crippen LogP contribution in [0.4, 0.5) is 4.39 Å². The van der Waals surface area contributed by atoms with Gasteiger partial charge in [-0.25, -0.2) is 4.39 Å². The smallest absolute Gasteiger partial charge is 0.159 e. The minimum Gasteiger partial charge on any atom is -0.204 e. The lowest BCUT2D eigenvalue weighted by molar-refractivity contribution is 0.618. The molecule has 0 amide bonds. The topological polar surface area (TPSA) is 23.8 Å². The Hall–Kier alpha value is -0.720. The average Bonchev–Trinajstić information content (AvgIpc) is 2.20. The molecular weight excluding hydrogens is 221 g/mol. The van der Waals surface area contributed by atoms with Crippen LogP contribution in [0.3, 0.4) is 0 Å². The summed E-state index contributed by atoms with van der Waals surface area (Å²) in [5, 5.41) is 8.89. The van der Waals surface area contributed by atoms with Crippen LogP contribution < -0.4 is 0 Å². The molecule has 14 heavy (non-hydrogen) atoms. The summed E-state index contributed by atoms with van der Waals surface area (Å²) in [6.07, 6.45) is 1.77. The van der Waals surface area contributed by atoms with Crippen molar-refractivity contribution < 1.29 is 4.39 Å². The highest BCUT2D eigenvalue weighted by atomic mass is 35.5. The van der Waals surface area contributed by atoms with E-state index < -0.39 is 5.82 Å². The highest BCUT2D eigenvalue weighted by molar-refractivity contribution is 7.99. The zero-order valence-electron chi connectivity index (χ0n) is 7.31. The molecule has 0 spiro atoms. The maximum atomic E-state index is 13.4. The molecule has 0 radical (unpaired) electrons. The minimum atomic E-state index is -0.574. The molecule has 1 heterocycles. The summed E-state index contributed by atoms with van der Waals surface area (Å²) in [4.78, 5) is 0.958. The summed E-state index contributed by atoms with van der Waals surface area (Å²) in [6, 6.07) is 3.51. The standard InChI is InChI=1S/C10H7ClFNS/c11-8-4-9-6(2-1-3-14-9)7(5-13)10(8)12/h4H,1-3H2. The first-order chi connectivity index (χ1) is 6.74. The second-order valence-corrected chi connectivity index (χ2v) is 4.63. The molecular formula is C10H7ClFNS. The molecule has 0 saturated carbocycles. The van der Waals surface area contributed by atoms with Gasteiger partial charge in [0.1, 0.15) is 6.07 Å². The third kappa shape index (κ3) is 1.49. The summed E-state index contributed by atoms with van der Waals surface area (Å²) in [7, 11) is 0. The third-order valence-electron chi connectivity index (χ3n) is 2.23. The van der Waals surface area contributed by atoms with Crippen molar-refractivity contribution in [2.45, 2.75) is 17.7 Å². The maximum absolute atomic E-state index is 13.4. The molecule has 72 valence electrons. The van der Waals surface area contributed by atoms with Crippen molar-refractivity contribution in [3.63, 3.8) is 0 Å². The van der Waals surface area contributed by atoms with E-state index in [9.17, 15) is 4.39 Å². The van der Waals surface area contributed by atoms with Gasteiger partial charge in [-0.3, -0.25) is 0 Å². The molecule has 2 rings (SSSR count). The van der Waals surface area contributed by atoms with E-state index in [2.05, 4.69) is 0 Å². The van der Waals surface area contributed by atoms with Crippen molar-refractivity contribution in [3.8, 4) is 6.07 Å². The molecule has 1 aliphatic heterocycles. The summed E-state index contributed by atoms with van der Waals surface area (Å²) in [6.45, 7) is 0. The number of halogens is 2. The first-order valence-electron chi connectivity index (χ1n) is 4.28. The quantitative estimate of drug-likeness (QED) is 0.679. The zero-order valence-corrected chi connectivity index (χ0v) is 8.88. The van der Waals surface area contributed by atoms with E-state index in [1.54, 1.807) is 17.8 Å². The number of hydrogen-bond donors (Lipinski definition) is 0. The molecule has 0 N–H and O–H groups in total. The molecule has 0 bridgehead atoms. The Bertz CT molecular complexity index is 425. The predicted molar refractivity (Wildman–Crippen MR) is 55.2 cm³/mol. The number of benzene rings is 1. The Morgan fingerprint density at radius 1 is 1.57 bits per heavy atom. The number of hydrogen-bond acceptors (Lipinski definition) is 2. The first kappa shape index (κ1) is 9.82. The van der Waals surface area contributed by atoms with Crippen LogP contribution in [0.15, 0.2) is 11.0 Å². The van der Waals surface area contributed by atoms with Gasteiger partial charge in [-0.05, 0) is 30.2 Å². The van der Waals surface area contributed by atoms with Crippen LogP contribution in [0.5, 0.6) is 0 Å². The molecule has 0 fully saturated rings. The van der Waals surface area contributed by atoms with Crippen molar-refractivity contribution in [2.75, 3.05) is 5.75 Å². The molecule has 0 atom stereocenters. The van der Waals surface area contributed by atoms with Crippen LogP contribution in [0, 0.1) is 17.1 Å².